The molecule has 0 aliphatic heterocycles. The first-order valence-corrected chi connectivity index (χ1v) is 5.03. The molecule has 0 bridgehead atoms. The molecule has 1 unspecified atom stereocenters. The number of hydrogen-bond acceptors (Lipinski definition) is 4. The van der Waals surface area contributed by atoms with Crippen LogP contribution in [0.25, 0.3) is 0 Å². The molecule has 0 saturated heterocycles. The number of aliphatic hydroxyl groups is 1. The monoisotopic (exact) mass is 212 g/mol. The van der Waals surface area contributed by atoms with Crippen LogP contribution in [0, 0.1) is 0 Å². The van der Waals surface area contributed by atoms with Gasteiger partial charge < -0.3 is 14.3 Å². The van der Waals surface area contributed by atoms with Crippen LogP contribution in [0.15, 0.2) is 16.5 Å². The van der Waals surface area contributed by atoms with Gasteiger partial charge in [0.25, 0.3) is 0 Å². The average molecular weight is 212 g/mol. The third-order valence-electron chi connectivity index (χ3n) is 1.84. The molecule has 1 aromatic heterocycles. The van der Waals surface area contributed by atoms with Crippen molar-refractivity contribution in [3.05, 3.63) is 23.7 Å². The fraction of sp³-hybridized carbons (Fsp3) is 0.545. The molecule has 0 aromatic carbocycles. The molecule has 1 rings (SSSR count). The van der Waals surface area contributed by atoms with E-state index in [0.717, 1.165) is 0 Å². The van der Waals surface area contributed by atoms with E-state index < -0.39 is 6.10 Å². The van der Waals surface area contributed by atoms with Crippen LogP contribution in [0.3, 0.4) is 0 Å². The standard InChI is InChI=1S/C11H16O4/c1-3-14-11(13)7-10-5-4-9(15-10)6-8(2)12/h4-5,8,12H,3,6-7H2,1-2H3. The lowest BCUT2D eigenvalue weighted by molar-refractivity contribution is -0.142. The predicted molar refractivity (Wildman–Crippen MR) is 54.4 cm³/mol. The fourth-order valence-corrected chi connectivity index (χ4v) is 1.27. The quantitative estimate of drug-likeness (QED) is 0.747. The summed E-state index contributed by atoms with van der Waals surface area (Å²) in [6.45, 7) is 3.83. The topological polar surface area (TPSA) is 59.7 Å². The van der Waals surface area contributed by atoms with Gasteiger partial charge in [0.1, 0.15) is 17.9 Å². The molecule has 0 saturated carbocycles. The summed E-state index contributed by atoms with van der Waals surface area (Å²) in [6.07, 6.45) is 0.169. The zero-order valence-corrected chi connectivity index (χ0v) is 9.03. The van der Waals surface area contributed by atoms with Crippen LogP contribution in [0.1, 0.15) is 25.4 Å². The summed E-state index contributed by atoms with van der Waals surface area (Å²) in [5, 5.41) is 9.13. The van der Waals surface area contributed by atoms with Crippen molar-refractivity contribution >= 4 is 5.97 Å². The van der Waals surface area contributed by atoms with Crippen molar-refractivity contribution < 1.29 is 19.1 Å². The average Bonchev–Trinajstić information content (AvgIpc) is 2.51. The second-order valence-electron chi connectivity index (χ2n) is 3.40. The number of rotatable bonds is 5. The number of hydrogen-bond donors (Lipinski definition) is 1. The van der Waals surface area contributed by atoms with Crippen molar-refractivity contribution in [1.82, 2.24) is 0 Å². The third kappa shape index (κ3) is 4.16. The van der Waals surface area contributed by atoms with Crippen molar-refractivity contribution in [2.24, 2.45) is 0 Å². The highest BCUT2D eigenvalue weighted by Crippen LogP contribution is 2.11. The predicted octanol–water partition coefficient (Wildman–Crippen LogP) is 1.31. The van der Waals surface area contributed by atoms with E-state index >= 15 is 0 Å². The van der Waals surface area contributed by atoms with Crippen LogP contribution in [-0.4, -0.2) is 23.8 Å². The first-order chi connectivity index (χ1) is 7.11. The highest BCUT2D eigenvalue weighted by Gasteiger charge is 2.09. The molecule has 1 heterocycles. The maximum Gasteiger partial charge on any atom is 0.313 e. The van der Waals surface area contributed by atoms with Crippen molar-refractivity contribution in [2.45, 2.75) is 32.8 Å². The van der Waals surface area contributed by atoms with Crippen molar-refractivity contribution in [1.29, 1.82) is 0 Å². The number of carbonyl (C=O) groups excluding carboxylic acids is 1. The lowest BCUT2D eigenvalue weighted by atomic mass is 10.2. The van der Waals surface area contributed by atoms with Gasteiger partial charge in [-0.25, -0.2) is 0 Å². The minimum Gasteiger partial charge on any atom is -0.466 e. The fourth-order valence-electron chi connectivity index (χ4n) is 1.27. The van der Waals surface area contributed by atoms with Gasteiger partial charge in [-0.3, -0.25) is 4.79 Å². The zero-order valence-electron chi connectivity index (χ0n) is 9.03. The minimum absolute atomic E-state index is 0.146. The Hall–Kier alpha value is -1.29. The van der Waals surface area contributed by atoms with Gasteiger partial charge >= 0.3 is 5.97 Å². The van der Waals surface area contributed by atoms with Gasteiger partial charge in [-0.1, -0.05) is 0 Å². The largest absolute Gasteiger partial charge is 0.466 e. The third-order valence-corrected chi connectivity index (χ3v) is 1.84. The Morgan fingerprint density at radius 3 is 2.80 bits per heavy atom. The van der Waals surface area contributed by atoms with E-state index in [1.54, 1.807) is 26.0 Å². The Kier molecular flexibility index (Phi) is 4.37. The molecule has 4 nitrogen and oxygen atoms in total. The Balaban J connectivity index is 2.49. The summed E-state index contributed by atoms with van der Waals surface area (Å²) in [6, 6.07) is 3.50. The van der Waals surface area contributed by atoms with Crippen LogP contribution < -0.4 is 0 Å². The normalized spacial score (nSPS) is 12.5. The van der Waals surface area contributed by atoms with E-state index in [2.05, 4.69) is 0 Å². The van der Waals surface area contributed by atoms with Gasteiger partial charge in [0.15, 0.2) is 0 Å². The van der Waals surface area contributed by atoms with Gasteiger partial charge in [-0.15, -0.1) is 0 Å². The first kappa shape index (κ1) is 11.8. The number of carbonyl (C=O) groups is 1. The minimum atomic E-state index is -0.438. The molecule has 1 N–H and O–H groups in total. The Morgan fingerprint density at radius 2 is 2.20 bits per heavy atom. The van der Waals surface area contributed by atoms with Crippen LogP contribution >= 0.6 is 0 Å². The van der Waals surface area contributed by atoms with Gasteiger partial charge in [0, 0.05) is 6.42 Å². The molecule has 0 aliphatic carbocycles. The molecule has 84 valence electrons. The first-order valence-electron chi connectivity index (χ1n) is 5.03. The van der Waals surface area contributed by atoms with E-state index in [1.165, 1.54) is 0 Å². The molecule has 15 heavy (non-hydrogen) atoms. The molecule has 1 aromatic rings. The highest BCUT2D eigenvalue weighted by atomic mass is 16.5. The molecule has 0 spiro atoms. The van der Waals surface area contributed by atoms with E-state index in [0.29, 0.717) is 24.5 Å². The Bertz CT molecular complexity index is 314. The summed E-state index contributed by atoms with van der Waals surface area (Å²) in [5.74, 6) is 0.962. The number of ether oxygens (including phenoxy) is 1. The molecule has 0 radical (unpaired) electrons. The van der Waals surface area contributed by atoms with Gasteiger partial charge in [-0.05, 0) is 26.0 Å². The Morgan fingerprint density at radius 1 is 1.53 bits per heavy atom. The number of furan rings is 1. The summed E-state index contributed by atoms with van der Waals surface area (Å²) < 4.78 is 10.1. The maximum atomic E-state index is 11.1. The number of esters is 1. The lowest BCUT2D eigenvalue weighted by Crippen LogP contribution is -2.06. The van der Waals surface area contributed by atoms with Crippen LogP contribution in [0.5, 0.6) is 0 Å². The van der Waals surface area contributed by atoms with Crippen LogP contribution in [0.4, 0.5) is 0 Å². The van der Waals surface area contributed by atoms with E-state index in [4.69, 9.17) is 14.3 Å². The molecule has 0 aliphatic rings. The van der Waals surface area contributed by atoms with E-state index in [-0.39, 0.29) is 12.4 Å². The van der Waals surface area contributed by atoms with Crippen LogP contribution in [-0.2, 0) is 22.4 Å². The highest BCUT2D eigenvalue weighted by molar-refractivity contribution is 5.71. The van der Waals surface area contributed by atoms with Crippen molar-refractivity contribution in [2.75, 3.05) is 6.61 Å². The zero-order chi connectivity index (χ0) is 11.3. The molecular formula is C11H16O4. The summed E-state index contributed by atoms with van der Waals surface area (Å²) in [4.78, 5) is 11.1. The van der Waals surface area contributed by atoms with E-state index in [9.17, 15) is 4.79 Å². The van der Waals surface area contributed by atoms with Crippen LogP contribution in [0.2, 0.25) is 0 Å². The second kappa shape index (κ2) is 5.56. The van der Waals surface area contributed by atoms with Gasteiger partial charge in [0.05, 0.1) is 12.7 Å². The Labute approximate surface area is 88.8 Å². The lowest BCUT2D eigenvalue weighted by Gasteiger charge is -2.00. The molecule has 4 heteroatoms. The second-order valence-corrected chi connectivity index (χ2v) is 3.40. The van der Waals surface area contributed by atoms with Crippen molar-refractivity contribution in [3.8, 4) is 0 Å². The summed E-state index contributed by atoms with van der Waals surface area (Å²) >= 11 is 0. The summed E-state index contributed by atoms with van der Waals surface area (Å²) in [7, 11) is 0. The summed E-state index contributed by atoms with van der Waals surface area (Å²) in [5.41, 5.74) is 0. The van der Waals surface area contributed by atoms with Crippen molar-refractivity contribution in [3.63, 3.8) is 0 Å². The smallest absolute Gasteiger partial charge is 0.313 e. The maximum absolute atomic E-state index is 11.1. The molecule has 0 fully saturated rings. The molecule has 1 atom stereocenters. The van der Waals surface area contributed by atoms with Gasteiger partial charge in [-0.2, -0.15) is 0 Å². The SMILES string of the molecule is CCOC(=O)Cc1ccc(CC(C)O)o1. The molecular weight excluding hydrogens is 196 g/mol. The van der Waals surface area contributed by atoms with E-state index in [1.807, 2.05) is 0 Å². The van der Waals surface area contributed by atoms with Gasteiger partial charge in [0.2, 0.25) is 0 Å². The molecule has 0 amide bonds. The number of aliphatic hydroxyl groups excluding tert-OH is 1.